The molecule has 0 aliphatic carbocycles. The van der Waals surface area contributed by atoms with Crippen molar-refractivity contribution in [3.05, 3.63) is 78.4 Å². The highest BCUT2D eigenvalue weighted by Gasteiger charge is 2.10. The number of amides is 1. The lowest BCUT2D eigenvalue weighted by molar-refractivity contribution is 0.0995. The van der Waals surface area contributed by atoms with E-state index in [9.17, 15) is 9.90 Å². The van der Waals surface area contributed by atoms with Gasteiger partial charge in [0.1, 0.15) is 17.2 Å². The number of benzene rings is 2. The van der Waals surface area contributed by atoms with Crippen molar-refractivity contribution in [1.82, 2.24) is 9.55 Å². The molecule has 6 nitrogen and oxygen atoms in total. The first-order valence-electron chi connectivity index (χ1n) is 8.92. The van der Waals surface area contributed by atoms with Gasteiger partial charge in [0, 0.05) is 12.7 Å². The van der Waals surface area contributed by atoms with Crippen LogP contribution in [0.1, 0.15) is 28.9 Å². The van der Waals surface area contributed by atoms with Gasteiger partial charge >= 0.3 is 0 Å². The Kier molecular flexibility index (Phi) is 8.04. The summed E-state index contributed by atoms with van der Waals surface area (Å²) in [4.78, 5) is 15.0. The van der Waals surface area contributed by atoms with Gasteiger partial charge in [0.15, 0.2) is 0 Å². The molecule has 1 heterocycles. The highest BCUT2D eigenvalue weighted by atomic mass is 35.5. The van der Waals surface area contributed by atoms with Crippen LogP contribution in [0, 0.1) is 0 Å². The third kappa shape index (κ3) is 6.11. The van der Waals surface area contributed by atoms with Gasteiger partial charge in [-0.3, -0.25) is 4.79 Å². The van der Waals surface area contributed by atoms with Crippen LogP contribution in [0.3, 0.4) is 0 Å². The lowest BCUT2D eigenvalue weighted by Crippen LogP contribution is -2.15. The molecule has 0 aliphatic rings. The summed E-state index contributed by atoms with van der Waals surface area (Å²) >= 11 is 0. The number of nitrogens with zero attached hydrogens (tertiary/aromatic N) is 2. The molecule has 0 aliphatic heterocycles. The Morgan fingerprint density at radius 2 is 1.86 bits per heavy atom. The van der Waals surface area contributed by atoms with Gasteiger partial charge in [0.25, 0.3) is 5.91 Å². The first-order chi connectivity index (χ1) is 13.1. The highest BCUT2D eigenvalue weighted by Crippen LogP contribution is 2.26. The number of carbonyl (C=O) groups is 1. The third-order valence-electron chi connectivity index (χ3n) is 4.23. The summed E-state index contributed by atoms with van der Waals surface area (Å²) in [7, 11) is 0. The lowest BCUT2D eigenvalue weighted by Gasteiger charge is -2.13. The fourth-order valence-electron chi connectivity index (χ4n) is 2.88. The van der Waals surface area contributed by atoms with E-state index in [0.29, 0.717) is 13.0 Å². The summed E-state index contributed by atoms with van der Waals surface area (Å²) < 4.78 is 7.65. The van der Waals surface area contributed by atoms with E-state index in [0.717, 1.165) is 29.9 Å². The van der Waals surface area contributed by atoms with Crippen LogP contribution < -0.4 is 10.5 Å². The Labute approximate surface area is 170 Å². The largest absolute Gasteiger partial charge is 0.457 e. The van der Waals surface area contributed by atoms with E-state index in [2.05, 4.69) is 4.98 Å². The van der Waals surface area contributed by atoms with E-state index < -0.39 is 12.0 Å². The molecule has 1 atom stereocenters. The smallest absolute Gasteiger partial charge is 0.268 e. The van der Waals surface area contributed by atoms with Crippen molar-refractivity contribution in [2.24, 2.45) is 5.73 Å². The van der Waals surface area contributed by atoms with Gasteiger partial charge in [0.2, 0.25) is 0 Å². The normalized spacial score (nSPS) is 11.5. The minimum absolute atomic E-state index is 0. The Hall–Kier alpha value is -2.83. The van der Waals surface area contributed by atoms with Gasteiger partial charge < -0.3 is 20.1 Å². The standard InChI is InChI=1S/C21H23N3O3.ClH/c22-21(26)19-14-24(15-23-19)13-17(25)9-6-8-16-7-4-5-12-20(16)27-18-10-2-1-3-11-18;/h1-5,7,10-12,14-15,17,25H,6,8-9,13H2,(H2,22,26);1H/t17-;/m0./s1. The topological polar surface area (TPSA) is 90.4 Å². The summed E-state index contributed by atoms with van der Waals surface area (Å²) in [6, 6.07) is 17.6. The fourth-order valence-corrected chi connectivity index (χ4v) is 2.88. The number of primary amides is 1. The number of aliphatic hydroxyl groups is 1. The van der Waals surface area contributed by atoms with E-state index in [4.69, 9.17) is 10.5 Å². The van der Waals surface area contributed by atoms with Crippen LogP contribution in [0.5, 0.6) is 11.5 Å². The molecule has 0 bridgehead atoms. The number of ether oxygens (including phenoxy) is 1. The number of rotatable bonds is 9. The van der Waals surface area contributed by atoms with E-state index in [1.54, 1.807) is 10.8 Å². The monoisotopic (exact) mass is 401 g/mol. The van der Waals surface area contributed by atoms with Crippen molar-refractivity contribution in [1.29, 1.82) is 0 Å². The molecule has 7 heteroatoms. The number of para-hydroxylation sites is 2. The molecule has 28 heavy (non-hydrogen) atoms. The minimum atomic E-state index is -0.571. The molecule has 3 N–H and O–H groups in total. The van der Waals surface area contributed by atoms with Gasteiger partial charge in [0.05, 0.1) is 12.4 Å². The average molecular weight is 402 g/mol. The van der Waals surface area contributed by atoms with Gasteiger partial charge in [-0.05, 0) is 43.0 Å². The SMILES string of the molecule is Cl.NC(=O)c1cn(C[C@@H](O)CCCc2ccccc2Oc2ccccc2)cn1. The second-order valence-electron chi connectivity index (χ2n) is 6.39. The van der Waals surface area contributed by atoms with Crippen molar-refractivity contribution < 1.29 is 14.6 Å². The van der Waals surface area contributed by atoms with E-state index in [1.165, 1.54) is 6.33 Å². The third-order valence-corrected chi connectivity index (χ3v) is 4.23. The van der Waals surface area contributed by atoms with Crippen molar-refractivity contribution in [2.75, 3.05) is 0 Å². The fraction of sp³-hybridized carbons (Fsp3) is 0.238. The number of nitrogens with two attached hydrogens (primary N) is 1. The minimum Gasteiger partial charge on any atom is -0.457 e. The van der Waals surface area contributed by atoms with E-state index in [1.807, 2.05) is 54.6 Å². The maximum Gasteiger partial charge on any atom is 0.268 e. The molecule has 3 aromatic rings. The maximum atomic E-state index is 11.1. The van der Waals surface area contributed by atoms with Crippen LogP contribution in [0.15, 0.2) is 67.1 Å². The van der Waals surface area contributed by atoms with Crippen LogP contribution in [0.25, 0.3) is 0 Å². The predicted molar refractivity (Wildman–Crippen MR) is 110 cm³/mol. The summed E-state index contributed by atoms with van der Waals surface area (Å²) in [6.45, 7) is 0.377. The molecule has 2 aromatic carbocycles. The van der Waals surface area contributed by atoms with Gasteiger partial charge in [-0.2, -0.15) is 0 Å². The average Bonchev–Trinajstić information content (AvgIpc) is 3.13. The molecule has 0 radical (unpaired) electrons. The number of imidazole rings is 1. The van der Waals surface area contributed by atoms with Gasteiger partial charge in [-0.1, -0.05) is 36.4 Å². The van der Waals surface area contributed by atoms with Crippen LogP contribution in [-0.4, -0.2) is 26.7 Å². The molecule has 3 rings (SSSR count). The molecule has 1 aromatic heterocycles. The number of aryl methyl sites for hydroxylation is 1. The number of halogens is 1. The zero-order valence-corrected chi connectivity index (χ0v) is 16.2. The summed E-state index contributed by atoms with van der Waals surface area (Å²) in [6.07, 6.45) is 4.77. The van der Waals surface area contributed by atoms with Crippen molar-refractivity contribution in [3.8, 4) is 11.5 Å². The molecular formula is C21H24ClN3O3. The first kappa shape index (κ1) is 21.5. The van der Waals surface area contributed by atoms with E-state index >= 15 is 0 Å². The Balaban J connectivity index is 0.00000280. The van der Waals surface area contributed by atoms with Gasteiger partial charge in [-0.25, -0.2) is 4.98 Å². The Bertz CT molecular complexity index is 883. The van der Waals surface area contributed by atoms with Crippen molar-refractivity contribution in [3.63, 3.8) is 0 Å². The summed E-state index contributed by atoms with van der Waals surface area (Å²) in [5, 5.41) is 10.2. The number of carbonyl (C=O) groups excluding carboxylic acids is 1. The molecule has 0 saturated carbocycles. The molecule has 1 amide bonds. The molecule has 0 spiro atoms. The quantitative estimate of drug-likeness (QED) is 0.573. The maximum absolute atomic E-state index is 11.1. The first-order valence-corrected chi connectivity index (χ1v) is 8.92. The van der Waals surface area contributed by atoms with Gasteiger partial charge in [-0.15, -0.1) is 12.4 Å². The molecule has 0 unspecified atom stereocenters. The van der Waals surface area contributed by atoms with Crippen LogP contribution in [0.2, 0.25) is 0 Å². The highest BCUT2D eigenvalue weighted by molar-refractivity contribution is 5.90. The molecule has 0 saturated heterocycles. The molecular weight excluding hydrogens is 378 g/mol. The van der Waals surface area contributed by atoms with Crippen molar-refractivity contribution in [2.45, 2.75) is 31.9 Å². The number of aliphatic hydroxyl groups excluding tert-OH is 1. The van der Waals surface area contributed by atoms with Crippen LogP contribution >= 0.6 is 12.4 Å². The number of aromatic nitrogens is 2. The zero-order chi connectivity index (χ0) is 19.1. The zero-order valence-electron chi connectivity index (χ0n) is 15.4. The Morgan fingerprint density at radius 3 is 2.57 bits per heavy atom. The number of hydrogen-bond donors (Lipinski definition) is 2. The molecule has 0 fully saturated rings. The lowest BCUT2D eigenvalue weighted by atomic mass is 10.0. The summed E-state index contributed by atoms with van der Waals surface area (Å²) in [5.41, 5.74) is 6.49. The second kappa shape index (κ2) is 10.5. The number of hydrogen-bond acceptors (Lipinski definition) is 4. The summed E-state index contributed by atoms with van der Waals surface area (Å²) in [5.74, 6) is 1.06. The van der Waals surface area contributed by atoms with Crippen LogP contribution in [0.4, 0.5) is 0 Å². The second-order valence-corrected chi connectivity index (χ2v) is 6.39. The van der Waals surface area contributed by atoms with Crippen molar-refractivity contribution >= 4 is 18.3 Å². The predicted octanol–water partition coefficient (Wildman–Crippen LogP) is 3.58. The van der Waals surface area contributed by atoms with Crippen LogP contribution in [-0.2, 0) is 13.0 Å². The Morgan fingerprint density at radius 1 is 1.14 bits per heavy atom. The molecule has 148 valence electrons. The van der Waals surface area contributed by atoms with E-state index in [-0.39, 0.29) is 18.1 Å².